The summed E-state index contributed by atoms with van der Waals surface area (Å²) in [6.45, 7) is 12.0. The smallest absolute Gasteiger partial charge is 0.338 e. The van der Waals surface area contributed by atoms with Gasteiger partial charge >= 0.3 is 5.97 Å². The summed E-state index contributed by atoms with van der Waals surface area (Å²) in [6.07, 6.45) is 3.38. The van der Waals surface area contributed by atoms with Crippen LogP contribution in [-0.2, 0) is 14.9 Å². The van der Waals surface area contributed by atoms with Crippen molar-refractivity contribution in [1.82, 2.24) is 4.57 Å². The quantitative estimate of drug-likeness (QED) is 0.373. The van der Waals surface area contributed by atoms with Gasteiger partial charge in [0, 0.05) is 0 Å². The molecule has 6 nitrogen and oxygen atoms in total. The van der Waals surface area contributed by atoms with Gasteiger partial charge < -0.3 is 9.47 Å². The van der Waals surface area contributed by atoms with E-state index in [1.165, 1.54) is 23.0 Å². The van der Waals surface area contributed by atoms with E-state index in [4.69, 9.17) is 9.47 Å². The third-order valence-electron chi connectivity index (χ3n) is 6.08. The number of carbonyl (C=O) groups excluding carboxylic acids is 1. The highest BCUT2D eigenvalue weighted by atomic mass is 32.1. The second kappa shape index (κ2) is 10.1. The molecule has 0 bridgehead atoms. The van der Waals surface area contributed by atoms with E-state index in [0.717, 1.165) is 11.1 Å². The van der Waals surface area contributed by atoms with Crippen LogP contribution in [0.15, 0.2) is 82.2 Å². The Morgan fingerprint density at radius 3 is 2.39 bits per heavy atom. The number of thiazole rings is 1. The summed E-state index contributed by atoms with van der Waals surface area (Å²) in [5.41, 5.74) is 3.60. The first kappa shape index (κ1) is 25.4. The van der Waals surface area contributed by atoms with Gasteiger partial charge in [-0.15, -0.1) is 0 Å². The van der Waals surface area contributed by atoms with Crippen LogP contribution in [-0.4, -0.2) is 24.3 Å². The SMILES string of the molecule is C=CCOC(=O)C1=C(C)N=c2sc(=Cc3ccc(C(C)(C)C)cc3)c(=O)n2C1c1ccc(OC)cc1. The molecule has 1 aliphatic heterocycles. The van der Waals surface area contributed by atoms with E-state index in [2.05, 4.69) is 44.5 Å². The van der Waals surface area contributed by atoms with Crippen molar-refractivity contribution in [2.75, 3.05) is 13.7 Å². The third kappa shape index (κ3) is 4.97. The highest BCUT2D eigenvalue weighted by Crippen LogP contribution is 2.31. The number of nitrogens with zero attached hydrogens (tertiary/aromatic N) is 2. The van der Waals surface area contributed by atoms with Gasteiger partial charge in [0.15, 0.2) is 4.80 Å². The zero-order valence-corrected chi connectivity index (χ0v) is 22.0. The number of esters is 1. The number of benzene rings is 2. The maximum atomic E-state index is 13.7. The van der Waals surface area contributed by atoms with E-state index in [0.29, 0.717) is 26.4 Å². The van der Waals surface area contributed by atoms with Crippen LogP contribution in [0.5, 0.6) is 5.75 Å². The molecule has 2 aromatic carbocycles. The van der Waals surface area contributed by atoms with E-state index in [1.807, 2.05) is 42.5 Å². The molecule has 0 radical (unpaired) electrons. The Morgan fingerprint density at radius 1 is 1.14 bits per heavy atom. The minimum atomic E-state index is -0.671. The minimum absolute atomic E-state index is 0.0460. The van der Waals surface area contributed by atoms with Crippen molar-refractivity contribution in [3.05, 3.63) is 109 Å². The lowest BCUT2D eigenvalue weighted by atomic mass is 9.87. The van der Waals surface area contributed by atoms with E-state index in [1.54, 1.807) is 18.6 Å². The highest BCUT2D eigenvalue weighted by Gasteiger charge is 2.33. The largest absolute Gasteiger partial charge is 0.497 e. The number of fused-ring (bicyclic) bond motifs is 1. The third-order valence-corrected chi connectivity index (χ3v) is 7.06. The lowest BCUT2D eigenvalue weighted by Crippen LogP contribution is -2.39. The maximum absolute atomic E-state index is 13.7. The number of aromatic nitrogens is 1. The second-order valence-electron chi connectivity index (χ2n) is 9.61. The Balaban J connectivity index is 1.87. The van der Waals surface area contributed by atoms with Crippen molar-refractivity contribution in [3.8, 4) is 5.75 Å². The van der Waals surface area contributed by atoms with Crippen molar-refractivity contribution in [3.63, 3.8) is 0 Å². The molecule has 4 rings (SSSR count). The predicted octanol–water partition coefficient (Wildman–Crippen LogP) is 4.27. The van der Waals surface area contributed by atoms with Gasteiger partial charge in [0.2, 0.25) is 0 Å². The van der Waals surface area contributed by atoms with E-state index >= 15 is 0 Å². The molecule has 0 saturated heterocycles. The molecule has 0 aliphatic carbocycles. The molecule has 2 heterocycles. The van der Waals surface area contributed by atoms with Crippen molar-refractivity contribution in [1.29, 1.82) is 0 Å². The molecule has 0 amide bonds. The van der Waals surface area contributed by atoms with E-state index in [9.17, 15) is 9.59 Å². The van der Waals surface area contributed by atoms with Gasteiger partial charge in [0.1, 0.15) is 12.4 Å². The summed E-state index contributed by atoms with van der Waals surface area (Å²) < 4.78 is 12.8. The van der Waals surface area contributed by atoms with E-state index < -0.39 is 12.0 Å². The van der Waals surface area contributed by atoms with Crippen molar-refractivity contribution in [2.24, 2.45) is 4.99 Å². The summed E-state index contributed by atoms with van der Waals surface area (Å²) in [5.74, 6) is 0.158. The lowest BCUT2D eigenvalue weighted by molar-refractivity contribution is -0.138. The summed E-state index contributed by atoms with van der Waals surface area (Å²) >= 11 is 1.31. The Kier molecular flexibility index (Phi) is 7.13. The Labute approximate surface area is 214 Å². The first-order chi connectivity index (χ1) is 17.1. The van der Waals surface area contributed by atoms with Crippen LogP contribution in [0.1, 0.15) is 50.4 Å². The van der Waals surface area contributed by atoms with Crippen LogP contribution in [0, 0.1) is 0 Å². The van der Waals surface area contributed by atoms with Gasteiger partial charge in [-0.1, -0.05) is 81.2 Å². The van der Waals surface area contributed by atoms with Crippen LogP contribution in [0.25, 0.3) is 6.08 Å². The molecule has 0 fully saturated rings. The predicted molar refractivity (Wildman–Crippen MR) is 143 cm³/mol. The molecular formula is C29H30N2O4S. The van der Waals surface area contributed by atoms with Crippen LogP contribution in [0.2, 0.25) is 0 Å². The Hall–Kier alpha value is -3.71. The number of methoxy groups -OCH3 is 1. The maximum Gasteiger partial charge on any atom is 0.338 e. The van der Waals surface area contributed by atoms with Crippen LogP contribution in [0.3, 0.4) is 0 Å². The van der Waals surface area contributed by atoms with Crippen molar-refractivity contribution in [2.45, 2.75) is 39.2 Å². The molecule has 0 spiro atoms. The van der Waals surface area contributed by atoms with Gasteiger partial charge in [0.25, 0.3) is 5.56 Å². The summed E-state index contributed by atoms with van der Waals surface area (Å²) in [7, 11) is 1.59. The average molecular weight is 503 g/mol. The number of allylic oxidation sites excluding steroid dienone is 1. The van der Waals surface area contributed by atoms with Crippen molar-refractivity contribution < 1.29 is 14.3 Å². The van der Waals surface area contributed by atoms with Crippen LogP contribution < -0.4 is 19.6 Å². The first-order valence-electron chi connectivity index (χ1n) is 11.7. The second-order valence-corrected chi connectivity index (χ2v) is 10.6. The fourth-order valence-electron chi connectivity index (χ4n) is 4.13. The summed E-state index contributed by atoms with van der Waals surface area (Å²) in [5, 5.41) is 0. The lowest BCUT2D eigenvalue weighted by Gasteiger charge is -2.24. The van der Waals surface area contributed by atoms with Crippen LogP contribution >= 0.6 is 11.3 Å². The number of hydrogen-bond donors (Lipinski definition) is 0. The molecule has 1 unspecified atom stereocenters. The molecule has 0 N–H and O–H groups in total. The molecule has 1 atom stereocenters. The van der Waals surface area contributed by atoms with Gasteiger partial charge in [-0.2, -0.15) is 0 Å². The van der Waals surface area contributed by atoms with Gasteiger partial charge in [-0.05, 0) is 47.2 Å². The first-order valence-corrected chi connectivity index (χ1v) is 12.5. The van der Waals surface area contributed by atoms with Gasteiger partial charge in [0.05, 0.1) is 29.0 Å². The fourth-order valence-corrected chi connectivity index (χ4v) is 5.17. The standard InChI is InChI=1S/C29H30N2O4S/c1-7-16-35-27(33)24-18(2)30-28-31(25(24)20-10-14-22(34-6)15-11-20)26(32)23(36-28)17-19-8-12-21(13-9-19)29(3,4)5/h7-15,17,25H,1,16H2,2-6H3. The summed E-state index contributed by atoms with van der Waals surface area (Å²) in [4.78, 5) is 31.9. The minimum Gasteiger partial charge on any atom is -0.497 e. The zero-order valence-electron chi connectivity index (χ0n) is 21.2. The number of ether oxygens (including phenoxy) is 2. The number of rotatable bonds is 6. The Morgan fingerprint density at radius 2 is 1.81 bits per heavy atom. The molecule has 3 aromatic rings. The number of hydrogen-bond acceptors (Lipinski definition) is 6. The molecule has 186 valence electrons. The van der Waals surface area contributed by atoms with Gasteiger partial charge in [-0.3, -0.25) is 9.36 Å². The fraction of sp³-hybridized carbons (Fsp3) is 0.276. The summed E-state index contributed by atoms with van der Waals surface area (Å²) in [6, 6.07) is 14.9. The molecule has 7 heteroatoms. The number of carbonyl (C=O) groups is 1. The molecule has 36 heavy (non-hydrogen) atoms. The van der Waals surface area contributed by atoms with Crippen LogP contribution in [0.4, 0.5) is 0 Å². The molecule has 0 saturated carbocycles. The highest BCUT2D eigenvalue weighted by molar-refractivity contribution is 7.07. The monoisotopic (exact) mass is 502 g/mol. The average Bonchev–Trinajstić information content (AvgIpc) is 3.15. The Bertz CT molecular complexity index is 1500. The van der Waals surface area contributed by atoms with Gasteiger partial charge in [-0.25, -0.2) is 9.79 Å². The topological polar surface area (TPSA) is 69.9 Å². The normalized spacial score (nSPS) is 15.8. The molecule has 1 aromatic heterocycles. The molecule has 1 aliphatic rings. The zero-order chi connectivity index (χ0) is 26.0. The van der Waals surface area contributed by atoms with E-state index in [-0.39, 0.29) is 17.6 Å². The van der Waals surface area contributed by atoms with Crippen molar-refractivity contribution >= 4 is 23.4 Å². The molecular weight excluding hydrogens is 472 g/mol.